The predicted octanol–water partition coefficient (Wildman–Crippen LogP) is 3.42. The molecule has 7 heteroatoms. The van der Waals surface area contributed by atoms with Crippen molar-refractivity contribution in [3.8, 4) is 0 Å². The monoisotopic (exact) mass is 385 g/mol. The molecule has 1 aromatic heterocycles. The van der Waals surface area contributed by atoms with E-state index < -0.39 is 12.1 Å². The molecule has 2 unspecified atom stereocenters. The molecule has 1 aliphatic rings. The summed E-state index contributed by atoms with van der Waals surface area (Å²) < 4.78 is 0. The van der Waals surface area contributed by atoms with Gasteiger partial charge in [-0.2, -0.15) is 0 Å². The molecule has 0 spiro atoms. The zero-order chi connectivity index (χ0) is 19.6. The van der Waals surface area contributed by atoms with Gasteiger partial charge in [0, 0.05) is 10.6 Å². The molecule has 0 aliphatic carbocycles. The minimum Gasteiger partial charge on any atom is -0.347 e. The molecule has 1 aliphatic heterocycles. The lowest BCUT2D eigenvalue weighted by Gasteiger charge is -2.23. The van der Waals surface area contributed by atoms with Gasteiger partial charge >= 0.3 is 6.03 Å². The molecule has 2 heterocycles. The first-order valence-electron chi connectivity index (χ1n) is 8.92. The number of carbonyl (C=O) groups is 3. The Morgan fingerprint density at radius 1 is 1.15 bits per heavy atom. The number of para-hydroxylation sites is 1. The molecule has 3 rings (SSSR count). The summed E-state index contributed by atoms with van der Waals surface area (Å²) in [6.45, 7) is 5.44. The topological polar surface area (TPSA) is 69.7 Å². The number of anilines is 1. The minimum absolute atomic E-state index is 0.145. The summed E-state index contributed by atoms with van der Waals surface area (Å²) in [6, 6.07) is 11.7. The standard InChI is InChI=1S/C20H23N3O3S/c1-13(2)18(16-10-7-11-27-16)21-17(24)12-22-19(25)14(3)23(20(22)26)15-8-5-4-6-9-15/h4-11,13-14,18H,12H2,1-3H3,(H,21,24). The van der Waals surface area contributed by atoms with Crippen molar-refractivity contribution in [2.75, 3.05) is 11.4 Å². The first-order valence-corrected chi connectivity index (χ1v) is 9.80. The van der Waals surface area contributed by atoms with E-state index in [-0.39, 0.29) is 30.3 Å². The average Bonchev–Trinajstić information content (AvgIpc) is 3.24. The number of rotatable bonds is 6. The molecule has 2 aromatic rings. The Kier molecular flexibility index (Phi) is 5.60. The largest absolute Gasteiger partial charge is 0.347 e. The maximum absolute atomic E-state index is 12.8. The first kappa shape index (κ1) is 19.1. The number of imide groups is 1. The van der Waals surface area contributed by atoms with Gasteiger partial charge in [0.1, 0.15) is 12.6 Å². The second-order valence-corrected chi connectivity index (χ2v) is 7.87. The van der Waals surface area contributed by atoms with Crippen molar-refractivity contribution in [2.45, 2.75) is 32.9 Å². The van der Waals surface area contributed by atoms with Crippen molar-refractivity contribution < 1.29 is 14.4 Å². The summed E-state index contributed by atoms with van der Waals surface area (Å²) in [5.41, 5.74) is 0.643. The van der Waals surface area contributed by atoms with E-state index in [1.54, 1.807) is 30.4 Å². The van der Waals surface area contributed by atoms with Crippen molar-refractivity contribution >= 4 is 34.9 Å². The zero-order valence-corrected chi connectivity index (χ0v) is 16.4. The number of benzene rings is 1. The van der Waals surface area contributed by atoms with Crippen LogP contribution in [0.5, 0.6) is 0 Å². The maximum Gasteiger partial charge on any atom is 0.332 e. The van der Waals surface area contributed by atoms with E-state index in [0.717, 1.165) is 9.78 Å². The van der Waals surface area contributed by atoms with E-state index in [1.807, 2.05) is 49.6 Å². The zero-order valence-electron chi connectivity index (χ0n) is 15.6. The van der Waals surface area contributed by atoms with Gasteiger partial charge in [0.2, 0.25) is 5.91 Å². The Hall–Kier alpha value is -2.67. The molecule has 2 atom stereocenters. The predicted molar refractivity (Wildman–Crippen MR) is 106 cm³/mol. The van der Waals surface area contributed by atoms with Crippen LogP contribution in [0.15, 0.2) is 47.8 Å². The van der Waals surface area contributed by atoms with Crippen LogP contribution in [0.1, 0.15) is 31.7 Å². The molecule has 6 nitrogen and oxygen atoms in total. The highest BCUT2D eigenvalue weighted by atomic mass is 32.1. The van der Waals surface area contributed by atoms with Crippen LogP contribution < -0.4 is 10.2 Å². The van der Waals surface area contributed by atoms with Gasteiger partial charge in [-0.25, -0.2) is 4.79 Å². The number of carbonyl (C=O) groups excluding carboxylic acids is 3. The smallest absolute Gasteiger partial charge is 0.332 e. The molecular weight excluding hydrogens is 362 g/mol. The third-order valence-electron chi connectivity index (χ3n) is 4.62. The third-order valence-corrected chi connectivity index (χ3v) is 5.57. The Bertz CT molecular complexity index is 820. The van der Waals surface area contributed by atoms with Crippen molar-refractivity contribution in [2.24, 2.45) is 5.92 Å². The number of urea groups is 1. The molecule has 1 N–H and O–H groups in total. The van der Waals surface area contributed by atoms with Crippen LogP contribution in [0.25, 0.3) is 0 Å². The quantitative estimate of drug-likeness (QED) is 0.775. The summed E-state index contributed by atoms with van der Waals surface area (Å²) in [6.07, 6.45) is 0. The third kappa shape index (κ3) is 3.88. The second-order valence-electron chi connectivity index (χ2n) is 6.89. The number of nitrogens with zero attached hydrogens (tertiary/aromatic N) is 2. The molecule has 4 amide bonds. The molecule has 1 aromatic carbocycles. The molecule has 0 bridgehead atoms. The lowest BCUT2D eigenvalue weighted by atomic mass is 10.0. The van der Waals surface area contributed by atoms with E-state index in [0.29, 0.717) is 5.69 Å². The fraction of sp³-hybridized carbons (Fsp3) is 0.350. The van der Waals surface area contributed by atoms with Crippen LogP contribution in [0.4, 0.5) is 10.5 Å². The van der Waals surface area contributed by atoms with Crippen LogP contribution in [0.3, 0.4) is 0 Å². The number of hydrogen-bond donors (Lipinski definition) is 1. The van der Waals surface area contributed by atoms with E-state index >= 15 is 0 Å². The Labute approximate surface area is 162 Å². The van der Waals surface area contributed by atoms with Gasteiger partial charge in [-0.05, 0) is 36.4 Å². The lowest BCUT2D eigenvalue weighted by molar-refractivity contribution is -0.132. The van der Waals surface area contributed by atoms with Crippen molar-refractivity contribution in [1.29, 1.82) is 0 Å². The Balaban J connectivity index is 1.72. The summed E-state index contributed by atoms with van der Waals surface area (Å²) in [4.78, 5) is 41.4. The van der Waals surface area contributed by atoms with E-state index in [4.69, 9.17) is 0 Å². The highest BCUT2D eigenvalue weighted by Crippen LogP contribution is 2.27. The van der Waals surface area contributed by atoms with Gasteiger partial charge < -0.3 is 5.32 Å². The SMILES string of the molecule is CC(C)C(NC(=O)CN1C(=O)C(C)N(c2ccccc2)C1=O)c1cccs1. The fourth-order valence-corrected chi connectivity index (χ4v) is 4.14. The van der Waals surface area contributed by atoms with Crippen LogP contribution in [0.2, 0.25) is 0 Å². The van der Waals surface area contributed by atoms with E-state index in [2.05, 4.69) is 5.32 Å². The van der Waals surface area contributed by atoms with Crippen LogP contribution in [0, 0.1) is 5.92 Å². The normalized spacial score (nSPS) is 18.3. The average molecular weight is 385 g/mol. The number of amides is 4. The van der Waals surface area contributed by atoms with Gasteiger partial charge in [-0.1, -0.05) is 38.1 Å². The Morgan fingerprint density at radius 3 is 2.44 bits per heavy atom. The summed E-state index contributed by atoms with van der Waals surface area (Å²) in [5.74, 6) is -0.514. The van der Waals surface area contributed by atoms with Crippen molar-refractivity contribution in [3.05, 3.63) is 52.7 Å². The van der Waals surface area contributed by atoms with E-state index in [1.165, 1.54) is 4.90 Å². The number of nitrogens with one attached hydrogen (secondary N) is 1. The summed E-state index contributed by atoms with van der Waals surface area (Å²) in [7, 11) is 0. The molecule has 0 radical (unpaired) electrons. The second kappa shape index (κ2) is 7.92. The van der Waals surface area contributed by atoms with Gasteiger partial charge in [-0.15, -0.1) is 11.3 Å². The maximum atomic E-state index is 12.8. The van der Waals surface area contributed by atoms with Crippen molar-refractivity contribution in [1.82, 2.24) is 10.2 Å². The molecule has 0 saturated carbocycles. The number of thiophene rings is 1. The highest BCUT2D eigenvalue weighted by Gasteiger charge is 2.44. The minimum atomic E-state index is -0.633. The first-order chi connectivity index (χ1) is 12.9. The summed E-state index contributed by atoms with van der Waals surface area (Å²) in [5, 5.41) is 4.93. The van der Waals surface area contributed by atoms with Crippen LogP contribution in [-0.4, -0.2) is 35.3 Å². The van der Waals surface area contributed by atoms with Crippen LogP contribution >= 0.6 is 11.3 Å². The van der Waals surface area contributed by atoms with Gasteiger partial charge in [0.05, 0.1) is 6.04 Å². The van der Waals surface area contributed by atoms with E-state index in [9.17, 15) is 14.4 Å². The highest BCUT2D eigenvalue weighted by molar-refractivity contribution is 7.10. The van der Waals surface area contributed by atoms with Gasteiger partial charge in [0.25, 0.3) is 5.91 Å². The molecule has 1 fully saturated rings. The van der Waals surface area contributed by atoms with Gasteiger partial charge in [-0.3, -0.25) is 19.4 Å². The fourth-order valence-electron chi connectivity index (χ4n) is 3.19. The van der Waals surface area contributed by atoms with Gasteiger partial charge in [0.15, 0.2) is 0 Å². The molecule has 1 saturated heterocycles. The lowest BCUT2D eigenvalue weighted by Crippen LogP contribution is -2.43. The van der Waals surface area contributed by atoms with Crippen LogP contribution in [-0.2, 0) is 9.59 Å². The molecule has 27 heavy (non-hydrogen) atoms. The molecule has 142 valence electrons. The Morgan fingerprint density at radius 2 is 1.85 bits per heavy atom. The van der Waals surface area contributed by atoms with Crippen molar-refractivity contribution in [3.63, 3.8) is 0 Å². The molecular formula is C20H23N3O3S. The summed E-state index contributed by atoms with van der Waals surface area (Å²) >= 11 is 1.57. The number of hydrogen-bond acceptors (Lipinski definition) is 4.